The third kappa shape index (κ3) is 3.94. The number of hydrogen-bond acceptors (Lipinski definition) is 7. The van der Waals surface area contributed by atoms with Crippen LogP contribution in [0.15, 0.2) is 41.3 Å². The van der Waals surface area contributed by atoms with E-state index >= 15 is 0 Å². The molecule has 0 N–H and O–H groups in total. The van der Waals surface area contributed by atoms with E-state index in [1.807, 2.05) is 0 Å². The zero-order chi connectivity index (χ0) is 18.6. The van der Waals surface area contributed by atoms with Gasteiger partial charge in [0, 0.05) is 6.07 Å². The Morgan fingerprint density at radius 3 is 2.68 bits per heavy atom. The highest BCUT2D eigenvalue weighted by Gasteiger charge is 2.40. The molecule has 1 aromatic rings. The van der Waals surface area contributed by atoms with Gasteiger partial charge < -0.3 is 4.74 Å². The molecule has 0 bridgehead atoms. The van der Waals surface area contributed by atoms with Crippen LogP contribution >= 0.6 is 11.8 Å². The zero-order valence-electron chi connectivity index (χ0n) is 13.4. The number of carbonyl (C=O) groups is 3. The third-order valence-corrected chi connectivity index (χ3v) is 4.31. The Hall–Kier alpha value is -2.94. The van der Waals surface area contributed by atoms with E-state index in [0.717, 1.165) is 4.90 Å². The molecule has 8 nitrogen and oxygen atoms in total. The Bertz CT molecular complexity index is 802. The molecule has 0 spiro atoms. The largest absolute Gasteiger partial charge is 0.467 e. The van der Waals surface area contributed by atoms with Crippen molar-refractivity contribution in [1.29, 1.82) is 0 Å². The van der Waals surface area contributed by atoms with Gasteiger partial charge in [-0.25, -0.2) is 4.79 Å². The molecule has 0 aromatic heterocycles. The first-order valence-corrected chi connectivity index (χ1v) is 7.93. The van der Waals surface area contributed by atoms with E-state index in [9.17, 15) is 24.5 Å². The molecule has 0 saturated carbocycles. The van der Waals surface area contributed by atoms with E-state index in [1.165, 1.54) is 38.3 Å². The van der Waals surface area contributed by atoms with Crippen molar-refractivity contribution < 1.29 is 24.0 Å². The third-order valence-electron chi connectivity index (χ3n) is 3.41. The quantitative estimate of drug-likeness (QED) is 0.343. The Labute approximate surface area is 147 Å². The molecule has 1 aliphatic heterocycles. The normalized spacial score (nSPS) is 17.4. The van der Waals surface area contributed by atoms with Gasteiger partial charge >= 0.3 is 5.97 Å². The molecule has 1 atom stereocenters. The average Bonchev–Trinajstić information content (AvgIpc) is 2.87. The number of nitro groups is 1. The van der Waals surface area contributed by atoms with Gasteiger partial charge in [0.2, 0.25) is 0 Å². The molecule has 9 heteroatoms. The van der Waals surface area contributed by atoms with Crippen LogP contribution in [0.25, 0.3) is 6.08 Å². The molecule has 130 valence electrons. The number of amides is 2. The number of hydrogen-bond donors (Lipinski definition) is 0. The van der Waals surface area contributed by atoms with E-state index in [-0.39, 0.29) is 10.6 Å². The second-order valence-corrected chi connectivity index (χ2v) is 5.94. The van der Waals surface area contributed by atoms with Crippen LogP contribution in [0.3, 0.4) is 0 Å². The molecular weight excluding hydrogens is 348 g/mol. The lowest BCUT2D eigenvalue weighted by molar-refractivity contribution is -0.385. The molecule has 0 aliphatic carbocycles. The predicted molar refractivity (Wildman–Crippen MR) is 91.5 cm³/mol. The predicted octanol–water partition coefficient (Wildman–Crippen LogP) is 2.75. The fourth-order valence-electron chi connectivity index (χ4n) is 2.14. The highest BCUT2D eigenvalue weighted by molar-refractivity contribution is 8.18. The number of methoxy groups -OCH3 is 1. The fraction of sp³-hybridized carbons (Fsp3) is 0.188. The van der Waals surface area contributed by atoms with Crippen LogP contribution in [0.2, 0.25) is 0 Å². The fourth-order valence-corrected chi connectivity index (χ4v) is 3.00. The second-order valence-electron chi connectivity index (χ2n) is 4.95. The second kappa shape index (κ2) is 7.75. The van der Waals surface area contributed by atoms with Gasteiger partial charge in [-0.1, -0.05) is 18.2 Å². The van der Waals surface area contributed by atoms with Gasteiger partial charge in [-0.2, -0.15) is 0 Å². The van der Waals surface area contributed by atoms with Crippen LogP contribution < -0.4 is 0 Å². The summed E-state index contributed by atoms with van der Waals surface area (Å²) in [6, 6.07) is 5.11. The van der Waals surface area contributed by atoms with Crippen molar-refractivity contribution in [2.24, 2.45) is 0 Å². The van der Waals surface area contributed by atoms with Crippen molar-refractivity contribution in [2.75, 3.05) is 7.11 Å². The summed E-state index contributed by atoms with van der Waals surface area (Å²) in [6.07, 6.45) is 4.30. The van der Waals surface area contributed by atoms with E-state index in [0.29, 0.717) is 17.3 Å². The van der Waals surface area contributed by atoms with Crippen LogP contribution in [-0.4, -0.2) is 40.1 Å². The number of carbonyl (C=O) groups excluding carboxylic acids is 3. The molecule has 1 aromatic carbocycles. The first kappa shape index (κ1) is 18.4. The van der Waals surface area contributed by atoms with Gasteiger partial charge in [0.1, 0.15) is 6.04 Å². The van der Waals surface area contributed by atoms with Crippen LogP contribution in [0.4, 0.5) is 10.5 Å². The number of nitro benzene ring substituents is 1. The molecule has 0 radical (unpaired) electrons. The molecule has 25 heavy (non-hydrogen) atoms. The van der Waals surface area contributed by atoms with E-state index in [1.54, 1.807) is 18.2 Å². The lowest BCUT2D eigenvalue weighted by Gasteiger charge is -2.18. The van der Waals surface area contributed by atoms with Gasteiger partial charge in [0.05, 0.1) is 22.5 Å². The SMILES string of the molecule is COC(=O)[C@@H](C)N1C(=O)S/C(=C/C=C/c2ccccc2[N+](=O)[O-])C1=O. The van der Waals surface area contributed by atoms with Crippen LogP contribution in [-0.2, 0) is 14.3 Å². The molecule has 1 heterocycles. The monoisotopic (exact) mass is 362 g/mol. The molecule has 2 amide bonds. The van der Waals surface area contributed by atoms with Crippen molar-refractivity contribution in [3.05, 3.63) is 57.0 Å². The zero-order valence-corrected chi connectivity index (χ0v) is 14.2. The number of allylic oxidation sites excluding steroid dienone is 2. The Morgan fingerprint density at radius 2 is 2.04 bits per heavy atom. The molecule has 0 unspecified atom stereocenters. The summed E-state index contributed by atoms with van der Waals surface area (Å²) >= 11 is 0.689. The molecule has 1 saturated heterocycles. The number of nitrogens with zero attached hydrogens (tertiary/aromatic N) is 2. The lowest BCUT2D eigenvalue weighted by atomic mass is 10.1. The Kier molecular flexibility index (Phi) is 5.71. The van der Waals surface area contributed by atoms with Gasteiger partial charge in [-0.15, -0.1) is 0 Å². The van der Waals surface area contributed by atoms with E-state index < -0.39 is 28.1 Å². The minimum Gasteiger partial charge on any atom is -0.467 e. The molecule has 1 fully saturated rings. The minimum absolute atomic E-state index is 0.0698. The van der Waals surface area contributed by atoms with E-state index in [4.69, 9.17) is 0 Å². The van der Waals surface area contributed by atoms with Crippen LogP contribution in [0.5, 0.6) is 0 Å². The summed E-state index contributed by atoms with van der Waals surface area (Å²) in [5.41, 5.74) is 0.297. The number of para-hydroxylation sites is 1. The summed E-state index contributed by atoms with van der Waals surface area (Å²) in [5, 5.41) is 10.4. The maximum Gasteiger partial charge on any atom is 0.328 e. The van der Waals surface area contributed by atoms with Gasteiger partial charge in [-0.3, -0.25) is 24.6 Å². The summed E-state index contributed by atoms with van der Waals surface area (Å²) in [7, 11) is 1.17. The lowest BCUT2D eigenvalue weighted by Crippen LogP contribution is -2.42. The number of esters is 1. The summed E-state index contributed by atoms with van der Waals surface area (Å²) in [6.45, 7) is 1.40. The minimum atomic E-state index is -1.03. The van der Waals surface area contributed by atoms with Crippen molar-refractivity contribution in [2.45, 2.75) is 13.0 Å². The highest BCUT2D eigenvalue weighted by Crippen LogP contribution is 2.32. The molecule has 1 aliphatic rings. The summed E-state index contributed by atoms with van der Waals surface area (Å²) < 4.78 is 4.54. The Morgan fingerprint density at radius 1 is 1.36 bits per heavy atom. The molecular formula is C16H14N2O6S. The smallest absolute Gasteiger partial charge is 0.328 e. The van der Waals surface area contributed by atoms with Gasteiger partial charge in [0.25, 0.3) is 16.8 Å². The van der Waals surface area contributed by atoms with Crippen molar-refractivity contribution >= 4 is 40.6 Å². The van der Waals surface area contributed by atoms with Crippen molar-refractivity contribution in [3.63, 3.8) is 0 Å². The highest BCUT2D eigenvalue weighted by atomic mass is 32.2. The topological polar surface area (TPSA) is 107 Å². The standard InChI is InChI=1S/C16H14N2O6S/c1-10(15(20)24-2)17-14(19)13(25-16(17)21)9-5-7-11-6-3-4-8-12(11)18(22)23/h3-10H,1-2H3/b7-5+,13-9+/t10-/m1/s1. The summed E-state index contributed by atoms with van der Waals surface area (Å²) in [4.78, 5) is 47.1. The number of benzene rings is 1. The van der Waals surface area contributed by atoms with Crippen molar-refractivity contribution in [3.8, 4) is 0 Å². The number of rotatable bonds is 5. The number of imide groups is 1. The van der Waals surface area contributed by atoms with E-state index in [2.05, 4.69) is 4.74 Å². The first-order valence-electron chi connectivity index (χ1n) is 7.11. The van der Waals surface area contributed by atoms with Crippen molar-refractivity contribution in [1.82, 2.24) is 4.90 Å². The average molecular weight is 362 g/mol. The van der Waals surface area contributed by atoms with Crippen LogP contribution in [0.1, 0.15) is 12.5 Å². The maximum absolute atomic E-state index is 12.3. The Balaban J connectivity index is 2.20. The van der Waals surface area contributed by atoms with Crippen LogP contribution in [0, 0.1) is 10.1 Å². The van der Waals surface area contributed by atoms with Gasteiger partial charge in [0.15, 0.2) is 0 Å². The number of thioether (sulfide) groups is 1. The number of ether oxygens (including phenoxy) is 1. The first-order chi connectivity index (χ1) is 11.9. The van der Waals surface area contributed by atoms with Gasteiger partial charge in [-0.05, 0) is 36.9 Å². The maximum atomic E-state index is 12.3. The summed E-state index contributed by atoms with van der Waals surface area (Å²) in [5.74, 6) is -1.31. The molecule has 2 rings (SSSR count).